The summed E-state index contributed by atoms with van der Waals surface area (Å²) in [6.45, 7) is 2.05. The predicted molar refractivity (Wildman–Crippen MR) is 78.2 cm³/mol. The fourth-order valence-corrected chi connectivity index (χ4v) is 2.63. The minimum atomic E-state index is -0.950. The summed E-state index contributed by atoms with van der Waals surface area (Å²) in [6.07, 6.45) is 9.12. The number of rotatable bonds is 3. The second kappa shape index (κ2) is 5.44. The number of nitrogens with zero attached hydrogens (tertiary/aromatic N) is 2. The van der Waals surface area contributed by atoms with Crippen molar-refractivity contribution in [2.45, 2.75) is 25.5 Å². The van der Waals surface area contributed by atoms with Crippen molar-refractivity contribution in [3.63, 3.8) is 0 Å². The maximum absolute atomic E-state index is 10.6. The minimum Gasteiger partial charge on any atom is -0.488 e. The summed E-state index contributed by atoms with van der Waals surface area (Å²) in [5, 5.41) is 8.69. The lowest BCUT2D eigenvalue weighted by molar-refractivity contribution is -0.131. The molecule has 0 amide bonds. The van der Waals surface area contributed by atoms with Crippen LogP contribution in [-0.4, -0.2) is 26.7 Å². The molecule has 0 saturated carbocycles. The van der Waals surface area contributed by atoms with Gasteiger partial charge in [0, 0.05) is 24.9 Å². The Bertz CT molecular complexity index is 677. The molecule has 0 bridgehead atoms. The van der Waals surface area contributed by atoms with Crippen LogP contribution in [0.2, 0.25) is 0 Å². The van der Waals surface area contributed by atoms with Crippen LogP contribution in [-0.2, 0) is 11.2 Å². The first-order valence-corrected chi connectivity index (χ1v) is 6.81. The molecule has 0 spiro atoms. The van der Waals surface area contributed by atoms with Crippen LogP contribution < -0.4 is 4.74 Å². The molecule has 5 nitrogen and oxygen atoms in total. The summed E-state index contributed by atoms with van der Waals surface area (Å²) >= 11 is 0. The Balaban J connectivity index is 1.89. The van der Waals surface area contributed by atoms with Gasteiger partial charge < -0.3 is 14.4 Å². The standard InChI is InChI=1S/C16H16N2O3/c1-11-14(18-7-6-17-10-18)9-13-8-12(3-5-16(19)20)2-4-15(13)21-11/h2-8,10-11,14H,9H2,1H3,(H,19,20)/b5-3+. The number of ether oxygens (including phenoxy) is 1. The smallest absolute Gasteiger partial charge is 0.328 e. The molecule has 0 saturated heterocycles. The second-order valence-electron chi connectivity index (χ2n) is 5.14. The van der Waals surface area contributed by atoms with E-state index in [0.29, 0.717) is 0 Å². The van der Waals surface area contributed by atoms with Gasteiger partial charge in [-0.25, -0.2) is 9.78 Å². The molecule has 1 aliphatic heterocycles. The van der Waals surface area contributed by atoms with Gasteiger partial charge in [0.1, 0.15) is 11.9 Å². The van der Waals surface area contributed by atoms with Gasteiger partial charge in [0.2, 0.25) is 0 Å². The van der Waals surface area contributed by atoms with Crippen molar-refractivity contribution in [3.8, 4) is 5.75 Å². The van der Waals surface area contributed by atoms with E-state index >= 15 is 0 Å². The summed E-state index contributed by atoms with van der Waals surface area (Å²) in [5.74, 6) is -0.0831. The molecule has 2 heterocycles. The summed E-state index contributed by atoms with van der Waals surface area (Å²) in [7, 11) is 0. The number of benzene rings is 1. The monoisotopic (exact) mass is 284 g/mol. The quantitative estimate of drug-likeness (QED) is 0.880. The third kappa shape index (κ3) is 2.81. The molecule has 5 heteroatoms. The number of fused-ring (bicyclic) bond motifs is 1. The predicted octanol–water partition coefficient (Wildman–Crippen LogP) is 2.55. The summed E-state index contributed by atoms with van der Waals surface area (Å²) in [5.41, 5.74) is 1.94. The van der Waals surface area contributed by atoms with Gasteiger partial charge in [-0.2, -0.15) is 0 Å². The molecule has 1 aliphatic rings. The number of aliphatic carboxylic acids is 1. The second-order valence-corrected chi connectivity index (χ2v) is 5.14. The van der Waals surface area contributed by atoms with Crippen molar-refractivity contribution in [2.75, 3.05) is 0 Å². The maximum atomic E-state index is 10.6. The van der Waals surface area contributed by atoms with Gasteiger partial charge in [-0.15, -0.1) is 0 Å². The van der Waals surface area contributed by atoms with E-state index in [1.807, 2.05) is 35.9 Å². The number of carboxylic acid groups (broad SMARTS) is 1. The third-order valence-corrected chi connectivity index (χ3v) is 3.69. The molecule has 0 aliphatic carbocycles. The molecule has 0 radical (unpaired) electrons. The molecule has 108 valence electrons. The lowest BCUT2D eigenvalue weighted by Crippen LogP contribution is -2.32. The van der Waals surface area contributed by atoms with Crippen LogP contribution in [0.5, 0.6) is 5.75 Å². The fraction of sp³-hybridized carbons (Fsp3) is 0.250. The van der Waals surface area contributed by atoms with E-state index in [9.17, 15) is 4.79 Å². The average molecular weight is 284 g/mol. The van der Waals surface area contributed by atoms with Gasteiger partial charge in [-0.1, -0.05) is 6.07 Å². The Morgan fingerprint density at radius 3 is 3.10 bits per heavy atom. The van der Waals surface area contributed by atoms with Crippen molar-refractivity contribution >= 4 is 12.0 Å². The number of carbonyl (C=O) groups is 1. The highest BCUT2D eigenvalue weighted by atomic mass is 16.5. The van der Waals surface area contributed by atoms with Gasteiger partial charge in [-0.3, -0.25) is 0 Å². The molecule has 1 aromatic heterocycles. The van der Waals surface area contributed by atoms with Crippen molar-refractivity contribution < 1.29 is 14.6 Å². The first-order valence-electron chi connectivity index (χ1n) is 6.81. The van der Waals surface area contributed by atoms with Gasteiger partial charge in [-0.05, 0) is 36.3 Å². The zero-order chi connectivity index (χ0) is 14.8. The topological polar surface area (TPSA) is 64.3 Å². The van der Waals surface area contributed by atoms with E-state index in [2.05, 4.69) is 4.98 Å². The number of hydrogen-bond acceptors (Lipinski definition) is 3. The van der Waals surface area contributed by atoms with Crippen LogP contribution in [0, 0.1) is 0 Å². The highest BCUT2D eigenvalue weighted by Gasteiger charge is 2.27. The van der Waals surface area contributed by atoms with E-state index in [-0.39, 0.29) is 12.1 Å². The van der Waals surface area contributed by atoms with Gasteiger partial charge >= 0.3 is 5.97 Å². The molecular formula is C16H16N2O3. The summed E-state index contributed by atoms with van der Waals surface area (Å²) < 4.78 is 8.01. The normalized spacial score (nSPS) is 21.0. The Kier molecular flexibility index (Phi) is 3.48. The van der Waals surface area contributed by atoms with Gasteiger partial charge in [0.15, 0.2) is 0 Å². The first-order chi connectivity index (χ1) is 10.1. The van der Waals surface area contributed by atoms with Gasteiger partial charge in [0.25, 0.3) is 0 Å². The van der Waals surface area contributed by atoms with Crippen LogP contribution in [0.1, 0.15) is 24.1 Å². The van der Waals surface area contributed by atoms with Crippen molar-refractivity contribution in [1.82, 2.24) is 9.55 Å². The first kappa shape index (κ1) is 13.4. The Labute approximate surface area is 122 Å². The van der Waals surface area contributed by atoms with E-state index in [1.54, 1.807) is 18.6 Å². The SMILES string of the molecule is CC1Oc2ccc(/C=C/C(=O)O)cc2CC1n1ccnc1. The Hall–Kier alpha value is -2.56. The largest absolute Gasteiger partial charge is 0.488 e. The lowest BCUT2D eigenvalue weighted by atomic mass is 9.96. The molecule has 1 aromatic carbocycles. The molecule has 3 rings (SSSR count). The fourth-order valence-electron chi connectivity index (χ4n) is 2.63. The minimum absolute atomic E-state index is 0.0621. The van der Waals surface area contributed by atoms with Crippen LogP contribution in [0.4, 0.5) is 0 Å². The third-order valence-electron chi connectivity index (χ3n) is 3.69. The van der Waals surface area contributed by atoms with Crippen molar-refractivity contribution in [2.24, 2.45) is 0 Å². The Morgan fingerprint density at radius 2 is 2.38 bits per heavy atom. The number of carboxylic acids is 1. The maximum Gasteiger partial charge on any atom is 0.328 e. The van der Waals surface area contributed by atoms with Crippen molar-refractivity contribution in [1.29, 1.82) is 0 Å². The number of aromatic nitrogens is 2. The van der Waals surface area contributed by atoms with E-state index in [0.717, 1.165) is 29.4 Å². The van der Waals surface area contributed by atoms with E-state index in [1.165, 1.54) is 0 Å². The zero-order valence-electron chi connectivity index (χ0n) is 11.6. The average Bonchev–Trinajstić information content (AvgIpc) is 2.98. The van der Waals surface area contributed by atoms with Crippen LogP contribution >= 0.6 is 0 Å². The van der Waals surface area contributed by atoms with Crippen LogP contribution in [0.3, 0.4) is 0 Å². The highest BCUT2D eigenvalue weighted by molar-refractivity contribution is 5.85. The number of imidazole rings is 1. The summed E-state index contributed by atoms with van der Waals surface area (Å²) in [6, 6.07) is 5.93. The van der Waals surface area contributed by atoms with E-state index in [4.69, 9.17) is 9.84 Å². The van der Waals surface area contributed by atoms with Crippen molar-refractivity contribution in [3.05, 3.63) is 54.1 Å². The van der Waals surface area contributed by atoms with Crippen LogP contribution in [0.25, 0.3) is 6.08 Å². The van der Waals surface area contributed by atoms with E-state index < -0.39 is 5.97 Å². The molecule has 1 N–H and O–H groups in total. The van der Waals surface area contributed by atoms with Crippen LogP contribution in [0.15, 0.2) is 43.0 Å². The zero-order valence-corrected chi connectivity index (χ0v) is 11.6. The summed E-state index contributed by atoms with van der Waals surface area (Å²) in [4.78, 5) is 14.7. The molecule has 2 atom stereocenters. The molecular weight excluding hydrogens is 268 g/mol. The molecule has 2 unspecified atom stereocenters. The number of hydrogen-bond donors (Lipinski definition) is 1. The Morgan fingerprint density at radius 1 is 1.52 bits per heavy atom. The highest BCUT2D eigenvalue weighted by Crippen LogP contribution is 2.34. The van der Waals surface area contributed by atoms with Gasteiger partial charge in [0.05, 0.1) is 12.4 Å². The lowest BCUT2D eigenvalue weighted by Gasteiger charge is -2.32. The molecule has 2 aromatic rings. The molecule has 21 heavy (non-hydrogen) atoms. The molecule has 0 fully saturated rings.